The molecule has 0 aliphatic heterocycles. The summed E-state index contributed by atoms with van der Waals surface area (Å²) >= 11 is 0. The first-order valence-corrected chi connectivity index (χ1v) is 6.80. The van der Waals surface area contributed by atoms with Crippen LogP contribution >= 0.6 is 0 Å². The largest absolute Gasteiger partial charge is 0.481 e. The van der Waals surface area contributed by atoms with E-state index in [0.717, 1.165) is 12.3 Å². The SMILES string of the molecule is CCN(C(=O)NCCC1CCC1)C(C)CC(=O)O. The fourth-order valence-corrected chi connectivity index (χ4v) is 2.28. The van der Waals surface area contributed by atoms with E-state index in [1.807, 2.05) is 6.92 Å². The molecule has 1 unspecified atom stereocenters. The second-order valence-corrected chi connectivity index (χ2v) is 5.05. The zero-order valence-corrected chi connectivity index (χ0v) is 11.3. The third kappa shape index (κ3) is 4.55. The molecule has 1 saturated carbocycles. The van der Waals surface area contributed by atoms with E-state index in [9.17, 15) is 9.59 Å². The van der Waals surface area contributed by atoms with E-state index in [2.05, 4.69) is 5.32 Å². The van der Waals surface area contributed by atoms with E-state index in [1.54, 1.807) is 11.8 Å². The van der Waals surface area contributed by atoms with Crippen LogP contribution in [0.5, 0.6) is 0 Å². The van der Waals surface area contributed by atoms with Crippen LogP contribution < -0.4 is 5.32 Å². The number of hydrogen-bond acceptors (Lipinski definition) is 2. The number of urea groups is 1. The molecule has 18 heavy (non-hydrogen) atoms. The third-order valence-corrected chi connectivity index (χ3v) is 3.66. The van der Waals surface area contributed by atoms with E-state index in [0.29, 0.717) is 13.1 Å². The van der Waals surface area contributed by atoms with Crippen LogP contribution in [0.1, 0.15) is 46.0 Å². The lowest BCUT2D eigenvalue weighted by molar-refractivity contribution is -0.138. The number of carboxylic acid groups (broad SMARTS) is 1. The van der Waals surface area contributed by atoms with Crippen molar-refractivity contribution in [1.29, 1.82) is 0 Å². The Morgan fingerprint density at radius 1 is 1.44 bits per heavy atom. The van der Waals surface area contributed by atoms with Crippen molar-refractivity contribution >= 4 is 12.0 Å². The third-order valence-electron chi connectivity index (χ3n) is 3.66. The Morgan fingerprint density at radius 2 is 2.11 bits per heavy atom. The van der Waals surface area contributed by atoms with Crippen LogP contribution in [0.4, 0.5) is 4.79 Å². The molecular weight excluding hydrogens is 232 g/mol. The lowest BCUT2D eigenvalue weighted by Crippen LogP contribution is -2.46. The van der Waals surface area contributed by atoms with Gasteiger partial charge in [-0.25, -0.2) is 4.79 Å². The van der Waals surface area contributed by atoms with Crippen molar-refractivity contribution in [3.63, 3.8) is 0 Å². The lowest BCUT2D eigenvalue weighted by atomic mass is 9.83. The molecule has 0 bridgehead atoms. The molecule has 5 nitrogen and oxygen atoms in total. The normalized spacial score (nSPS) is 16.8. The number of aliphatic carboxylic acids is 1. The highest BCUT2D eigenvalue weighted by Gasteiger charge is 2.21. The van der Waals surface area contributed by atoms with Gasteiger partial charge in [0.1, 0.15) is 0 Å². The molecule has 0 spiro atoms. The second kappa shape index (κ2) is 7.24. The number of nitrogens with zero attached hydrogens (tertiary/aromatic N) is 1. The summed E-state index contributed by atoms with van der Waals surface area (Å²) in [4.78, 5) is 24.1. The Labute approximate surface area is 109 Å². The van der Waals surface area contributed by atoms with Crippen LogP contribution in [0.3, 0.4) is 0 Å². The minimum absolute atomic E-state index is 0.0100. The van der Waals surface area contributed by atoms with Gasteiger partial charge in [-0.05, 0) is 26.2 Å². The van der Waals surface area contributed by atoms with Gasteiger partial charge in [0.25, 0.3) is 0 Å². The first-order chi connectivity index (χ1) is 8.54. The average Bonchev–Trinajstić information content (AvgIpc) is 2.21. The average molecular weight is 256 g/mol. The molecule has 104 valence electrons. The Morgan fingerprint density at radius 3 is 2.56 bits per heavy atom. The van der Waals surface area contributed by atoms with Crippen LogP contribution in [-0.2, 0) is 4.79 Å². The highest BCUT2D eigenvalue weighted by atomic mass is 16.4. The highest BCUT2D eigenvalue weighted by molar-refractivity contribution is 5.75. The predicted molar refractivity (Wildman–Crippen MR) is 69.5 cm³/mol. The Kier molecular flexibility index (Phi) is 5.95. The smallest absolute Gasteiger partial charge is 0.317 e. The van der Waals surface area contributed by atoms with E-state index < -0.39 is 5.97 Å². The minimum atomic E-state index is -0.872. The van der Waals surface area contributed by atoms with Crippen molar-refractivity contribution in [1.82, 2.24) is 10.2 Å². The van der Waals surface area contributed by atoms with Crippen molar-refractivity contribution in [2.75, 3.05) is 13.1 Å². The van der Waals surface area contributed by atoms with Crippen molar-refractivity contribution in [3.8, 4) is 0 Å². The van der Waals surface area contributed by atoms with Crippen molar-refractivity contribution < 1.29 is 14.7 Å². The summed E-state index contributed by atoms with van der Waals surface area (Å²) in [6, 6.07) is -0.415. The first kappa shape index (κ1) is 14.8. The number of carbonyl (C=O) groups excluding carboxylic acids is 1. The summed E-state index contributed by atoms with van der Waals surface area (Å²) in [7, 11) is 0. The summed E-state index contributed by atoms with van der Waals surface area (Å²) in [6.45, 7) is 4.86. The number of rotatable bonds is 7. The van der Waals surface area contributed by atoms with E-state index in [1.165, 1.54) is 19.3 Å². The predicted octanol–water partition coefficient (Wildman–Crippen LogP) is 2.07. The molecule has 0 heterocycles. The molecule has 2 N–H and O–H groups in total. The van der Waals surface area contributed by atoms with E-state index >= 15 is 0 Å². The molecule has 0 saturated heterocycles. The zero-order chi connectivity index (χ0) is 13.5. The molecule has 0 aromatic heterocycles. The van der Waals surface area contributed by atoms with Gasteiger partial charge in [-0.2, -0.15) is 0 Å². The Balaban J connectivity index is 2.28. The summed E-state index contributed by atoms with van der Waals surface area (Å²) < 4.78 is 0. The lowest BCUT2D eigenvalue weighted by Gasteiger charge is -2.29. The monoisotopic (exact) mass is 256 g/mol. The van der Waals surface area contributed by atoms with Crippen LogP contribution in [0.15, 0.2) is 0 Å². The number of carboxylic acids is 1. The fraction of sp³-hybridized carbons (Fsp3) is 0.846. The van der Waals surface area contributed by atoms with Crippen molar-refractivity contribution in [3.05, 3.63) is 0 Å². The molecule has 0 aromatic rings. The first-order valence-electron chi connectivity index (χ1n) is 6.80. The maximum Gasteiger partial charge on any atom is 0.317 e. The molecule has 0 radical (unpaired) electrons. The number of nitrogens with one attached hydrogen (secondary N) is 1. The van der Waals surface area contributed by atoms with Crippen molar-refractivity contribution in [2.45, 2.75) is 52.0 Å². The van der Waals surface area contributed by atoms with Crippen LogP contribution in [0, 0.1) is 5.92 Å². The molecule has 1 atom stereocenters. The summed E-state index contributed by atoms with van der Waals surface area (Å²) in [5, 5.41) is 11.6. The zero-order valence-electron chi connectivity index (χ0n) is 11.3. The summed E-state index contributed by atoms with van der Waals surface area (Å²) in [5.41, 5.74) is 0. The second-order valence-electron chi connectivity index (χ2n) is 5.05. The molecule has 1 aliphatic rings. The number of carbonyl (C=O) groups is 2. The van der Waals surface area contributed by atoms with Gasteiger partial charge in [-0.3, -0.25) is 4.79 Å². The fourth-order valence-electron chi connectivity index (χ4n) is 2.28. The quantitative estimate of drug-likeness (QED) is 0.732. The molecule has 0 aromatic carbocycles. The molecule has 1 aliphatic carbocycles. The Bertz CT molecular complexity index is 290. The molecule has 5 heteroatoms. The van der Waals surface area contributed by atoms with E-state index in [-0.39, 0.29) is 18.5 Å². The maximum absolute atomic E-state index is 11.9. The van der Waals surface area contributed by atoms with Crippen molar-refractivity contribution in [2.24, 2.45) is 5.92 Å². The van der Waals surface area contributed by atoms with Gasteiger partial charge in [0, 0.05) is 19.1 Å². The van der Waals surface area contributed by atoms with Gasteiger partial charge in [-0.15, -0.1) is 0 Å². The summed E-state index contributed by atoms with van der Waals surface area (Å²) in [6.07, 6.45) is 4.90. The van der Waals surface area contributed by atoms with Gasteiger partial charge in [0.2, 0.25) is 0 Å². The van der Waals surface area contributed by atoms with Gasteiger partial charge in [0.15, 0.2) is 0 Å². The van der Waals surface area contributed by atoms with Gasteiger partial charge in [0.05, 0.1) is 6.42 Å². The maximum atomic E-state index is 11.9. The van der Waals surface area contributed by atoms with Crippen LogP contribution in [0.2, 0.25) is 0 Å². The number of hydrogen-bond donors (Lipinski definition) is 2. The number of amides is 2. The van der Waals surface area contributed by atoms with Crippen LogP contribution in [-0.4, -0.2) is 41.1 Å². The molecule has 1 fully saturated rings. The highest BCUT2D eigenvalue weighted by Crippen LogP contribution is 2.28. The summed E-state index contributed by atoms with van der Waals surface area (Å²) in [5.74, 6) is -0.0972. The van der Waals surface area contributed by atoms with Gasteiger partial charge < -0.3 is 15.3 Å². The topological polar surface area (TPSA) is 69.6 Å². The minimum Gasteiger partial charge on any atom is -0.481 e. The molecule has 1 rings (SSSR count). The van der Waals surface area contributed by atoms with E-state index in [4.69, 9.17) is 5.11 Å². The molecule has 2 amide bonds. The van der Waals surface area contributed by atoms with Crippen LogP contribution in [0.25, 0.3) is 0 Å². The molecular formula is C13H24N2O3. The Hall–Kier alpha value is -1.26. The van der Waals surface area contributed by atoms with Gasteiger partial charge in [-0.1, -0.05) is 19.3 Å². The standard InChI is InChI=1S/C13H24N2O3/c1-3-15(10(2)9-12(16)17)13(18)14-8-7-11-5-4-6-11/h10-11H,3-9H2,1-2H3,(H,14,18)(H,16,17). The van der Waals surface area contributed by atoms with Gasteiger partial charge >= 0.3 is 12.0 Å².